The molecule has 5 rings (SSSR count). The molecule has 0 atom stereocenters. The molecule has 2 aliphatic heterocycles. The van der Waals surface area contributed by atoms with Crippen LogP contribution in [0.5, 0.6) is 5.75 Å². The number of thiophene rings is 1. The molecule has 2 aromatic heterocycles. The van der Waals surface area contributed by atoms with Crippen LogP contribution >= 0.6 is 22.9 Å². The first-order valence-corrected chi connectivity index (χ1v) is 14.7. The van der Waals surface area contributed by atoms with E-state index >= 15 is 0 Å². The highest BCUT2D eigenvalue weighted by Crippen LogP contribution is 2.45. The minimum atomic E-state index is -3.20. The number of fused-ring (bicyclic) bond motifs is 3. The van der Waals surface area contributed by atoms with E-state index in [0.717, 1.165) is 26.3 Å². The number of aromatic nitrogens is 1. The molecule has 0 unspecified atom stereocenters. The Labute approximate surface area is 222 Å². The van der Waals surface area contributed by atoms with Crippen molar-refractivity contribution in [2.75, 3.05) is 19.0 Å². The fraction of sp³-hybridized carbons (Fsp3) is 0.360. The van der Waals surface area contributed by atoms with E-state index in [9.17, 15) is 22.8 Å². The van der Waals surface area contributed by atoms with Crippen molar-refractivity contribution in [2.24, 2.45) is 0 Å². The zero-order chi connectivity index (χ0) is 26.3. The van der Waals surface area contributed by atoms with Crippen LogP contribution < -0.4 is 4.74 Å². The number of rotatable bonds is 7. The molecule has 1 aromatic carbocycles. The van der Waals surface area contributed by atoms with Gasteiger partial charge in [0, 0.05) is 28.7 Å². The van der Waals surface area contributed by atoms with Crippen molar-refractivity contribution in [1.82, 2.24) is 9.88 Å². The van der Waals surface area contributed by atoms with Crippen molar-refractivity contribution in [3.63, 3.8) is 0 Å². The predicted octanol–water partition coefficient (Wildman–Crippen LogP) is 3.68. The van der Waals surface area contributed by atoms with E-state index < -0.39 is 15.8 Å². The standard InChI is InChI=1S/C25H23ClN2O7S2/c1-2-34-21(31)12-35-15-5-3-14(4-6-15)22-23-16-9-10-37(32,33)13-18(16)36-25(23)27-17(24(22)26)11-28-19(29)7-8-20(28)30/h3-6H,2,7-13H2,1H3. The van der Waals surface area contributed by atoms with Gasteiger partial charge in [0.15, 0.2) is 16.4 Å². The number of halogens is 1. The molecule has 0 bridgehead atoms. The van der Waals surface area contributed by atoms with Crippen molar-refractivity contribution in [2.45, 2.75) is 38.5 Å². The lowest BCUT2D eigenvalue weighted by Gasteiger charge is -2.18. The molecule has 0 radical (unpaired) electrons. The minimum Gasteiger partial charge on any atom is -0.482 e. The van der Waals surface area contributed by atoms with Gasteiger partial charge in [0.2, 0.25) is 11.8 Å². The quantitative estimate of drug-likeness (QED) is 0.316. The Hall–Kier alpha value is -3.02. The zero-order valence-corrected chi connectivity index (χ0v) is 22.3. The number of ether oxygens (including phenoxy) is 2. The lowest BCUT2D eigenvalue weighted by molar-refractivity contribution is -0.145. The van der Waals surface area contributed by atoms with Gasteiger partial charge in [-0.1, -0.05) is 23.7 Å². The Morgan fingerprint density at radius 3 is 2.51 bits per heavy atom. The Kier molecular flexibility index (Phi) is 6.95. The van der Waals surface area contributed by atoms with Crippen LogP contribution in [0.15, 0.2) is 24.3 Å². The highest BCUT2D eigenvalue weighted by molar-refractivity contribution is 7.90. The van der Waals surface area contributed by atoms with Crippen LogP contribution in [0.2, 0.25) is 5.02 Å². The molecule has 1 saturated heterocycles. The largest absolute Gasteiger partial charge is 0.482 e. The Morgan fingerprint density at radius 1 is 1.14 bits per heavy atom. The number of imide groups is 1. The number of esters is 1. The van der Waals surface area contributed by atoms with Crippen molar-refractivity contribution < 1.29 is 32.3 Å². The molecule has 194 valence electrons. The summed E-state index contributed by atoms with van der Waals surface area (Å²) >= 11 is 8.21. The monoisotopic (exact) mass is 562 g/mol. The SMILES string of the molecule is CCOC(=O)COc1ccc(-c2c(Cl)c(CN3C(=O)CCC3=O)nc3sc4c(c23)CCS(=O)(=O)C4)cc1. The maximum Gasteiger partial charge on any atom is 0.344 e. The van der Waals surface area contributed by atoms with Gasteiger partial charge < -0.3 is 9.47 Å². The van der Waals surface area contributed by atoms with Crippen LogP contribution in [0.4, 0.5) is 0 Å². The van der Waals surface area contributed by atoms with Gasteiger partial charge in [-0.05, 0) is 36.6 Å². The first-order chi connectivity index (χ1) is 17.7. The van der Waals surface area contributed by atoms with Crippen LogP contribution in [0.25, 0.3) is 21.3 Å². The summed E-state index contributed by atoms with van der Waals surface area (Å²) in [4.78, 5) is 43.3. The van der Waals surface area contributed by atoms with E-state index in [1.807, 2.05) is 0 Å². The molecule has 3 aromatic rings. The molecule has 2 amide bonds. The lowest BCUT2D eigenvalue weighted by Crippen LogP contribution is -2.29. The smallest absolute Gasteiger partial charge is 0.344 e. The van der Waals surface area contributed by atoms with Crippen LogP contribution in [0.1, 0.15) is 35.9 Å². The Balaban J connectivity index is 1.59. The van der Waals surface area contributed by atoms with Gasteiger partial charge in [0.25, 0.3) is 0 Å². The molecule has 9 nitrogen and oxygen atoms in total. The Bertz CT molecular complexity index is 1510. The summed E-state index contributed by atoms with van der Waals surface area (Å²) in [6.07, 6.45) is 0.666. The third-order valence-electron chi connectivity index (χ3n) is 6.31. The first-order valence-electron chi connectivity index (χ1n) is 11.7. The van der Waals surface area contributed by atoms with E-state index in [-0.39, 0.29) is 55.9 Å². The number of pyridine rings is 1. The number of carbonyl (C=O) groups is 3. The van der Waals surface area contributed by atoms with Crippen molar-refractivity contribution >= 4 is 60.8 Å². The first kappa shape index (κ1) is 25.6. The van der Waals surface area contributed by atoms with E-state index in [1.54, 1.807) is 31.2 Å². The fourth-order valence-electron chi connectivity index (χ4n) is 4.56. The van der Waals surface area contributed by atoms with Gasteiger partial charge >= 0.3 is 5.97 Å². The summed E-state index contributed by atoms with van der Waals surface area (Å²) in [5.74, 6) is -0.568. The van der Waals surface area contributed by atoms with Gasteiger partial charge in [-0.25, -0.2) is 18.2 Å². The second-order valence-corrected chi connectivity index (χ2v) is 12.4. The number of hydrogen-bond donors (Lipinski definition) is 0. The van der Waals surface area contributed by atoms with Gasteiger partial charge in [0.05, 0.1) is 35.4 Å². The Morgan fingerprint density at radius 2 is 1.84 bits per heavy atom. The summed E-state index contributed by atoms with van der Waals surface area (Å²) < 4.78 is 35.0. The average Bonchev–Trinajstić information content (AvgIpc) is 3.36. The summed E-state index contributed by atoms with van der Waals surface area (Å²) in [6.45, 7) is 1.71. The highest BCUT2D eigenvalue weighted by atomic mass is 35.5. The minimum absolute atomic E-state index is 0.0437. The number of amides is 2. The maximum absolute atomic E-state index is 12.3. The molecule has 37 heavy (non-hydrogen) atoms. The van der Waals surface area contributed by atoms with Crippen LogP contribution in [-0.4, -0.2) is 55.1 Å². The van der Waals surface area contributed by atoms with E-state index in [2.05, 4.69) is 0 Å². The molecule has 1 fully saturated rings. The summed E-state index contributed by atoms with van der Waals surface area (Å²) in [5, 5.41) is 1.08. The van der Waals surface area contributed by atoms with Gasteiger partial charge in [0.1, 0.15) is 10.6 Å². The number of aryl methyl sites for hydroxylation is 1. The van der Waals surface area contributed by atoms with Crippen LogP contribution in [0, 0.1) is 0 Å². The normalized spacial score (nSPS) is 16.8. The number of carbonyl (C=O) groups excluding carboxylic acids is 3. The molecular weight excluding hydrogens is 540 g/mol. The van der Waals surface area contributed by atoms with Gasteiger partial charge in [-0.2, -0.15) is 0 Å². The molecule has 2 aliphatic rings. The second-order valence-electron chi connectivity index (χ2n) is 8.77. The summed E-state index contributed by atoms with van der Waals surface area (Å²) in [5.41, 5.74) is 2.67. The number of benzene rings is 1. The van der Waals surface area contributed by atoms with Crippen LogP contribution in [-0.2, 0) is 47.7 Å². The molecule has 0 saturated carbocycles. The molecule has 0 N–H and O–H groups in total. The van der Waals surface area contributed by atoms with Crippen molar-refractivity contribution in [3.05, 3.63) is 45.4 Å². The average molecular weight is 563 g/mol. The van der Waals surface area contributed by atoms with E-state index in [4.69, 9.17) is 26.1 Å². The predicted molar refractivity (Wildman–Crippen MR) is 138 cm³/mol. The fourth-order valence-corrected chi connectivity index (χ4v) is 7.92. The zero-order valence-electron chi connectivity index (χ0n) is 19.9. The molecule has 0 spiro atoms. The second kappa shape index (κ2) is 10.0. The summed E-state index contributed by atoms with van der Waals surface area (Å²) in [6, 6.07) is 6.99. The van der Waals surface area contributed by atoms with Crippen molar-refractivity contribution in [1.29, 1.82) is 0 Å². The number of likely N-dealkylation sites (tertiary alicyclic amines) is 1. The number of hydrogen-bond acceptors (Lipinski definition) is 9. The third-order valence-corrected chi connectivity index (χ3v) is 9.58. The number of sulfone groups is 1. The highest BCUT2D eigenvalue weighted by Gasteiger charge is 2.32. The van der Waals surface area contributed by atoms with E-state index in [0.29, 0.717) is 33.3 Å². The third kappa shape index (κ3) is 5.07. The summed E-state index contributed by atoms with van der Waals surface area (Å²) in [7, 11) is -3.20. The maximum atomic E-state index is 12.3. The van der Waals surface area contributed by atoms with Gasteiger partial charge in [-0.3, -0.25) is 14.5 Å². The molecule has 0 aliphatic carbocycles. The van der Waals surface area contributed by atoms with Crippen LogP contribution in [0.3, 0.4) is 0 Å². The molecule has 12 heteroatoms. The molecule has 4 heterocycles. The molecular formula is C25H23ClN2O7S2. The van der Waals surface area contributed by atoms with E-state index in [1.165, 1.54) is 11.3 Å². The lowest BCUT2D eigenvalue weighted by atomic mass is 9.97. The van der Waals surface area contributed by atoms with Gasteiger partial charge in [-0.15, -0.1) is 11.3 Å². The topological polar surface area (TPSA) is 120 Å². The van der Waals surface area contributed by atoms with Crippen molar-refractivity contribution in [3.8, 4) is 16.9 Å². The number of nitrogens with zero attached hydrogens (tertiary/aromatic N) is 2.